The number of aromatic hydroxyl groups is 1. The summed E-state index contributed by atoms with van der Waals surface area (Å²) in [6.07, 6.45) is 0.0429. The Balaban J connectivity index is 1.67. The smallest absolute Gasteiger partial charge is 0.217 e. The van der Waals surface area contributed by atoms with Gasteiger partial charge < -0.3 is 24.1 Å². The topological polar surface area (TPSA) is 72.8 Å². The monoisotopic (exact) mass is 432 g/mol. The summed E-state index contributed by atoms with van der Waals surface area (Å²) >= 11 is 0. The maximum absolute atomic E-state index is 10.4. The van der Waals surface area contributed by atoms with E-state index in [-0.39, 0.29) is 11.8 Å². The van der Waals surface area contributed by atoms with E-state index in [1.165, 1.54) is 0 Å². The fraction of sp³-hybridized carbons (Fsp3) is 0.240. The normalized spacial score (nSPS) is 18.8. The number of hydrogen-bond acceptors (Lipinski definition) is 7. The Morgan fingerprint density at radius 1 is 0.906 bits per heavy atom. The Bertz CT molecular complexity index is 1190. The van der Waals surface area contributed by atoms with Crippen LogP contribution in [0, 0.1) is 0 Å². The Labute approximate surface area is 186 Å². The molecule has 2 aliphatic heterocycles. The zero-order valence-corrected chi connectivity index (χ0v) is 18.1. The molecule has 5 rings (SSSR count). The molecule has 2 atom stereocenters. The van der Waals surface area contributed by atoms with Crippen LogP contribution in [-0.2, 0) is 0 Å². The van der Waals surface area contributed by atoms with Crippen molar-refractivity contribution in [3.63, 3.8) is 0 Å². The molecular weight excluding hydrogens is 408 g/mol. The number of benzene rings is 3. The largest absolute Gasteiger partial charge is 0.507 e. The van der Waals surface area contributed by atoms with Crippen LogP contribution in [0.5, 0.6) is 28.7 Å². The third-order valence-electron chi connectivity index (χ3n) is 5.92. The summed E-state index contributed by atoms with van der Waals surface area (Å²) in [7, 11) is 4.88. The molecule has 0 spiro atoms. The van der Waals surface area contributed by atoms with Crippen LogP contribution in [0.1, 0.15) is 35.4 Å². The molecule has 7 heteroatoms. The first-order valence-electron chi connectivity index (χ1n) is 10.3. The van der Waals surface area contributed by atoms with E-state index in [0.29, 0.717) is 35.0 Å². The number of rotatable bonds is 5. The van der Waals surface area contributed by atoms with Crippen LogP contribution < -0.4 is 18.9 Å². The van der Waals surface area contributed by atoms with Crippen LogP contribution in [0.4, 0.5) is 0 Å². The van der Waals surface area contributed by atoms with Gasteiger partial charge in [0.1, 0.15) is 17.2 Å². The molecule has 0 saturated heterocycles. The maximum atomic E-state index is 10.4. The van der Waals surface area contributed by atoms with Gasteiger partial charge in [0.05, 0.1) is 38.6 Å². The molecule has 164 valence electrons. The number of phenolic OH excluding ortho intramolecular Hbond substituents is 1. The first-order valence-corrected chi connectivity index (χ1v) is 10.3. The zero-order chi connectivity index (χ0) is 22.2. The molecule has 0 saturated carbocycles. The highest BCUT2D eigenvalue weighted by Crippen LogP contribution is 2.52. The Morgan fingerprint density at radius 3 is 2.47 bits per heavy atom. The van der Waals surface area contributed by atoms with E-state index < -0.39 is 6.23 Å². The number of hydrazone groups is 1. The van der Waals surface area contributed by atoms with E-state index in [4.69, 9.17) is 24.0 Å². The number of para-hydroxylation sites is 2. The van der Waals surface area contributed by atoms with Crippen molar-refractivity contribution in [1.29, 1.82) is 0 Å². The van der Waals surface area contributed by atoms with Gasteiger partial charge in [-0.25, -0.2) is 5.01 Å². The number of hydrogen-bond donors (Lipinski definition) is 1. The van der Waals surface area contributed by atoms with Crippen molar-refractivity contribution in [3.05, 3.63) is 77.4 Å². The van der Waals surface area contributed by atoms with Gasteiger partial charge in [-0.1, -0.05) is 24.3 Å². The van der Waals surface area contributed by atoms with Crippen molar-refractivity contribution in [1.82, 2.24) is 5.01 Å². The first-order chi connectivity index (χ1) is 15.6. The first kappa shape index (κ1) is 20.1. The molecule has 0 aromatic heterocycles. The summed E-state index contributed by atoms with van der Waals surface area (Å²) in [6, 6.07) is 18.6. The van der Waals surface area contributed by atoms with Crippen molar-refractivity contribution in [3.8, 4) is 28.7 Å². The van der Waals surface area contributed by atoms with E-state index in [9.17, 15) is 5.11 Å². The predicted molar refractivity (Wildman–Crippen MR) is 120 cm³/mol. The zero-order valence-electron chi connectivity index (χ0n) is 18.1. The molecule has 0 fully saturated rings. The molecule has 0 bridgehead atoms. The molecule has 1 N–H and O–H groups in total. The molecule has 7 nitrogen and oxygen atoms in total. The van der Waals surface area contributed by atoms with Crippen molar-refractivity contribution < 1.29 is 24.1 Å². The molecule has 2 heterocycles. The van der Waals surface area contributed by atoms with Crippen LogP contribution in [-0.4, -0.2) is 37.2 Å². The molecule has 0 unspecified atom stereocenters. The molecule has 3 aromatic rings. The van der Waals surface area contributed by atoms with Gasteiger partial charge in [0.15, 0.2) is 11.5 Å². The van der Waals surface area contributed by atoms with Crippen LogP contribution in [0.25, 0.3) is 0 Å². The standard InChI is InChI=1S/C25H24N2O5/c1-29-15-11-12-22(30-2)18(13-15)25-27-20(17-8-6-10-23(31-3)24(17)32-25)14-19(26-27)16-7-4-5-9-21(16)28/h4-13,20,25,28H,14H2,1-3H3/t20-,25-/m0/s1. The predicted octanol–water partition coefficient (Wildman–Crippen LogP) is 4.66. The quantitative estimate of drug-likeness (QED) is 0.632. The van der Waals surface area contributed by atoms with Crippen molar-refractivity contribution in [2.45, 2.75) is 18.7 Å². The number of fused-ring (bicyclic) bond motifs is 3. The molecule has 0 radical (unpaired) electrons. The van der Waals surface area contributed by atoms with E-state index in [1.807, 2.05) is 53.5 Å². The van der Waals surface area contributed by atoms with Gasteiger partial charge >= 0.3 is 0 Å². The summed E-state index contributed by atoms with van der Waals surface area (Å²) in [5.74, 6) is 2.90. The number of phenols is 1. The highest BCUT2D eigenvalue weighted by atomic mass is 16.5. The lowest BCUT2D eigenvalue weighted by atomic mass is 9.95. The van der Waals surface area contributed by atoms with Crippen LogP contribution in [0.15, 0.2) is 65.8 Å². The summed E-state index contributed by atoms with van der Waals surface area (Å²) in [4.78, 5) is 0. The summed E-state index contributed by atoms with van der Waals surface area (Å²) in [5.41, 5.74) is 3.27. The summed E-state index contributed by atoms with van der Waals surface area (Å²) in [6.45, 7) is 0. The summed E-state index contributed by atoms with van der Waals surface area (Å²) < 4.78 is 23.2. The number of ether oxygens (including phenoxy) is 4. The average Bonchev–Trinajstić information content (AvgIpc) is 3.28. The van der Waals surface area contributed by atoms with Gasteiger partial charge in [0.25, 0.3) is 0 Å². The van der Waals surface area contributed by atoms with Crippen LogP contribution >= 0.6 is 0 Å². The maximum Gasteiger partial charge on any atom is 0.217 e. The molecular formula is C25H24N2O5. The van der Waals surface area contributed by atoms with E-state index in [2.05, 4.69) is 0 Å². The van der Waals surface area contributed by atoms with Crippen molar-refractivity contribution in [2.24, 2.45) is 5.10 Å². The summed E-state index contributed by atoms with van der Waals surface area (Å²) in [5, 5.41) is 17.3. The third kappa shape index (κ3) is 3.17. The highest BCUT2D eigenvalue weighted by Gasteiger charge is 2.43. The lowest BCUT2D eigenvalue weighted by Gasteiger charge is -2.39. The van der Waals surface area contributed by atoms with E-state index in [0.717, 1.165) is 16.8 Å². The Hall–Kier alpha value is -3.87. The molecule has 0 aliphatic carbocycles. The van der Waals surface area contributed by atoms with E-state index >= 15 is 0 Å². The Morgan fingerprint density at radius 2 is 1.72 bits per heavy atom. The minimum atomic E-state index is -0.572. The molecule has 0 amide bonds. The highest BCUT2D eigenvalue weighted by molar-refractivity contribution is 6.04. The van der Waals surface area contributed by atoms with E-state index in [1.54, 1.807) is 33.5 Å². The van der Waals surface area contributed by atoms with Gasteiger partial charge in [-0.15, -0.1) is 0 Å². The second-order valence-corrected chi connectivity index (χ2v) is 7.62. The SMILES string of the molecule is COc1ccc(OC)c([C@@H]2Oc3c(OC)cccc3[C@@H]3CC(c4ccccc4O)=NN32)c1. The lowest BCUT2D eigenvalue weighted by molar-refractivity contribution is -0.0223. The van der Waals surface area contributed by atoms with Gasteiger partial charge in [-0.2, -0.15) is 5.10 Å². The molecule has 2 aliphatic rings. The Kier molecular flexibility index (Phi) is 5.01. The second-order valence-electron chi connectivity index (χ2n) is 7.62. The van der Waals surface area contributed by atoms with Crippen molar-refractivity contribution in [2.75, 3.05) is 21.3 Å². The van der Waals surface area contributed by atoms with Crippen LogP contribution in [0.3, 0.4) is 0 Å². The van der Waals surface area contributed by atoms with Crippen LogP contribution in [0.2, 0.25) is 0 Å². The minimum absolute atomic E-state index is 0.0932. The van der Waals surface area contributed by atoms with Gasteiger partial charge in [-0.3, -0.25) is 0 Å². The average molecular weight is 432 g/mol. The minimum Gasteiger partial charge on any atom is -0.507 e. The second kappa shape index (κ2) is 8.00. The fourth-order valence-electron chi connectivity index (χ4n) is 4.36. The van der Waals surface area contributed by atoms with Gasteiger partial charge in [-0.05, 0) is 36.4 Å². The van der Waals surface area contributed by atoms with Gasteiger partial charge in [0.2, 0.25) is 6.23 Å². The van der Waals surface area contributed by atoms with Gasteiger partial charge in [0, 0.05) is 17.5 Å². The third-order valence-corrected chi connectivity index (χ3v) is 5.92. The number of nitrogens with zero attached hydrogens (tertiary/aromatic N) is 2. The fourth-order valence-corrected chi connectivity index (χ4v) is 4.36. The number of methoxy groups -OCH3 is 3. The van der Waals surface area contributed by atoms with Crippen molar-refractivity contribution >= 4 is 5.71 Å². The molecule has 3 aromatic carbocycles. The lowest BCUT2D eigenvalue weighted by Crippen LogP contribution is -2.34. The molecule has 32 heavy (non-hydrogen) atoms.